The minimum absolute atomic E-state index is 0.0365. The summed E-state index contributed by atoms with van der Waals surface area (Å²) in [6.45, 7) is 3.06. The summed E-state index contributed by atoms with van der Waals surface area (Å²) in [6, 6.07) is 0. The number of carbonyl (C=O) groups is 2. The number of Topliss-reactive ketones (excluding diaryl/α,β-unsaturated/α-hetero) is 2. The van der Waals surface area contributed by atoms with Gasteiger partial charge in [-0.1, -0.05) is 24.3 Å². The first-order valence-corrected chi connectivity index (χ1v) is 4.20. The minimum Gasteiger partial charge on any atom is -0.295 e. The lowest BCUT2D eigenvalue weighted by molar-refractivity contribution is -0.114. The van der Waals surface area contributed by atoms with Gasteiger partial charge in [-0.3, -0.25) is 9.59 Å². The van der Waals surface area contributed by atoms with Crippen molar-refractivity contribution in [2.24, 2.45) is 0 Å². The first kappa shape index (κ1) is 9.65. The lowest BCUT2D eigenvalue weighted by Gasteiger charge is -1.96. The molecule has 0 amide bonds. The molecule has 2 nitrogen and oxygen atoms in total. The van der Waals surface area contributed by atoms with Gasteiger partial charge in [-0.25, -0.2) is 0 Å². The molecule has 0 radical (unpaired) electrons. The monoisotopic (exact) mass is 176 g/mol. The van der Waals surface area contributed by atoms with E-state index < -0.39 is 0 Å². The summed E-state index contributed by atoms with van der Waals surface area (Å²) < 4.78 is 0. The van der Waals surface area contributed by atoms with Gasteiger partial charge in [-0.15, -0.1) is 0 Å². The second kappa shape index (κ2) is 3.99. The molecule has 0 spiro atoms. The first-order valence-electron chi connectivity index (χ1n) is 4.20. The minimum atomic E-state index is 0.0365. The Morgan fingerprint density at radius 2 is 1.92 bits per heavy atom. The van der Waals surface area contributed by atoms with Gasteiger partial charge in [-0.05, 0) is 25.8 Å². The van der Waals surface area contributed by atoms with Gasteiger partial charge in [0.1, 0.15) is 0 Å². The fraction of sp³-hybridized carbons (Fsp3) is 0.273. The zero-order chi connectivity index (χ0) is 9.84. The van der Waals surface area contributed by atoms with Crippen molar-refractivity contribution in [2.45, 2.75) is 20.3 Å². The Balaban J connectivity index is 2.86. The fourth-order valence-corrected chi connectivity index (χ4v) is 1.15. The van der Waals surface area contributed by atoms with E-state index in [9.17, 15) is 9.59 Å². The summed E-state index contributed by atoms with van der Waals surface area (Å²) in [5, 5.41) is 0. The summed E-state index contributed by atoms with van der Waals surface area (Å²) in [5.74, 6) is 0.0974. The molecule has 0 heterocycles. The van der Waals surface area contributed by atoms with Crippen LogP contribution in [0.4, 0.5) is 0 Å². The second-order valence-electron chi connectivity index (χ2n) is 3.03. The number of hydrogen-bond donors (Lipinski definition) is 0. The maximum absolute atomic E-state index is 11.0. The van der Waals surface area contributed by atoms with E-state index in [0.717, 1.165) is 5.57 Å². The molecule has 0 aromatic heterocycles. The van der Waals surface area contributed by atoms with E-state index in [1.54, 1.807) is 24.3 Å². The smallest absolute Gasteiger partial charge is 0.159 e. The summed E-state index contributed by atoms with van der Waals surface area (Å²) in [5.41, 5.74) is 1.42. The third-order valence-electron chi connectivity index (χ3n) is 1.97. The van der Waals surface area contributed by atoms with Crippen molar-refractivity contribution < 1.29 is 9.59 Å². The highest BCUT2D eigenvalue weighted by Crippen LogP contribution is 2.12. The van der Waals surface area contributed by atoms with Crippen molar-refractivity contribution in [2.75, 3.05) is 0 Å². The van der Waals surface area contributed by atoms with E-state index >= 15 is 0 Å². The highest BCUT2D eigenvalue weighted by molar-refractivity contribution is 5.98. The van der Waals surface area contributed by atoms with Crippen molar-refractivity contribution >= 4 is 11.6 Å². The zero-order valence-corrected chi connectivity index (χ0v) is 7.83. The van der Waals surface area contributed by atoms with E-state index in [4.69, 9.17) is 0 Å². The third kappa shape index (κ3) is 2.51. The molecule has 0 saturated carbocycles. The second-order valence-corrected chi connectivity index (χ2v) is 3.03. The third-order valence-corrected chi connectivity index (χ3v) is 1.97. The van der Waals surface area contributed by atoms with Crippen LogP contribution in [0.25, 0.3) is 0 Å². The number of hydrogen-bond acceptors (Lipinski definition) is 2. The zero-order valence-electron chi connectivity index (χ0n) is 7.83. The average molecular weight is 176 g/mol. The molecule has 0 saturated heterocycles. The normalized spacial score (nSPS) is 15.8. The Morgan fingerprint density at radius 3 is 2.46 bits per heavy atom. The summed E-state index contributed by atoms with van der Waals surface area (Å²) in [4.78, 5) is 22.0. The Hall–Kier alpha value is -1.44. The molecule has 0 unspecified atom stereocenters. The molecule has 2 heteroatoms. The van der Waals surface area contributed by atoms with Crippen molar-refractivity contribution in [3.8, 4) is 0 Å². The number of carbonyl (C=O) groups excluding carboxylic acids is 2. The predicted octanol–water partition coefficient (Wildman–Crippen LogP) is 1.98. The highest BCUT2D eigenvalue weighted by Gasteiger charge is 2.06. The Kier molecular flexibility index (Phi) is 2.96. The summed E-state index contributed by atoms with van der Waals surface area (Å²) >= 11 is 0. The van der Waals surface area contributed by atoms with Crippen molar-refractivity contribution in [1.29, 1.82) is 0 Å². The van der Waals surface area contributed by atoms with Crippen LogP contribution in [0.2, 0.25) is 0 Å². The molecule has 0 bridgehead atoms. The quantitative estimate of drug-likeness (QED) is 0.644. The maximum Gasteiger partial charge on any atom is 0.159 e. The van der Waals surface area contributed by atoms with Crippen LogP contribution in [0.3, 0.4) is 0 Å². The molecule has 13 heavy (non-hydrogen) atoms. The van der Waals surface area contributed by atoms with Gasteiger partial charge < -0.3 is 0 Å². The van der Waals surface area contributed by atoms with Crippen molar-refractivity contribution in [3.05, 3.63) is 35.5 Å². The molecule has 0 N–H and O–H groups in total. The van der Waals surface area contributed by atoms with E-state index in [1.807, 2.05) is 0 Å². The van der Waals surface area contributed by atoms with Gasteiger partial charge in [0.25, 0.3) is 0 Å². The SMILES string of the molecule is CC(=O)C1=CCC(C(C)=O)=CC=C1. The van der Waals surface area contributed by atoms with E-state index in [0.29, 0.717) is 12.0 Å². The molecule has 1 aliphatic carbocycles. The van der Waals surface area contributed by atoms with Gasteiger partial charge in [0.2, 0.25) is 0 Å². The Bertz CT molecular complexity index is 330. The molecule has 0 aromatic rings. The standard InChI is InChI=1S/C11H12O2/c1-8(12)10-4-3-5-11(7-6-10)9(2)13/h3-6H,7H2,1-2H3. The van der Waals surface area contributed by atoms with Crippen LogP contribution in [0.15, 0.2) is 35.5 Å². The highest BCUT2D eigenvalue weighted by atomic mass is 16.1. The van der Waals surface area contributed by atoms with Crippen LogP contribution < -0.4 is 0 Å². The molecule has 0 aliphatic heterocycles. The van der Waals surface area contributed by atoms with Gasteiger partial charge >= 0.3 is 0 Å². The summed E-state index contributed by atoms with van der Waals surface area (Å²) in [7, 11) is 0. The lowest BCUT2D eigenvalue weighted by Crippen LogP contribution is -1.95. The lowest BCUT2D eigenvalue weighted by atomic mass is 10.1. The van der Waals surface area contributed by atoms with Gasteiger partial charge in [0, 0.05) is 5.57 Å². The average Bonchev–Trinajstić information content (AvgIpc) is 2.27. The number of ketones is 2. The number of allylic oxidation sites excluding steroid dienone is 6. The van der Waals surface area contributed by atoms with Crippen LogP contribution in [0.5, 0.6) is 0 Å². The fourth-order valence-electron chi connectivity index (χ4n) is 1.15. The number of rotatable bonds is 2. The van der Waals surface area contributed by atoms with E-state index in [2.05, 4.69) is 0 Å². The van der Waals surface area contributed by atoms with E-state index in [-0.39, 0.29) is 11.6 Å². The van der Waals surface area contributed by atoms with Gasteiger partial charge in [-0.2, -0.15) is 0 Å². The van der Waals surface area contributed by atoms with Gasteiger partial charge in [0.05, 0.1) is 0 Å². The van der Waals surface area contributed by atoms with E-state index in [1.165, 1.54) is 13.8 Å². The van der Waals surface area contributed by atoms with Crippen LogP contribution in [-0.4, -0.2) is 11.6 Å². The molecule has 1 rings (SSSR count). The van der Waals surface area contributed by atoms with Crippen LogP contribution >= 0.6 is 0 Å². The van der Waals surface area contributed by atoms with Crippen LogP contribution in [0.1, 0.15) is 20.3 Å². The van der Waals surface area contributed by atoms with Crippen molar-refractivity contribution in [1.82, 2.24) is 0 Å². The molecular formula is C11H12O2. The molecule has 0 atom stereocenters. The van der Waals surface area contributed by atoms with Gasteiger partial charge in [0.15, 0.2) is 11.6 Å². The van der Waals surface area contributed by atoms with Crippen LogP contribution in [-0.2, 0) is 9.59 Å². The predicted molar refractivity (Wildman–Crippen MR) is 51.3 cm³/mol. The molecule has 1 aliphatic rings. The van der Waals surface area contributed by atoms with Crippen LogP contribution in [0, 0.1) is 0 Å². The Labute approximate surface area is 77.6 Å². The topological polar surface area (TPSA) is 34.1 Å². The molecular weight excluding hydrogens is 164 g/mol. The van der Waals surface area contributed by atoms with Crippen molar-refractivity contribution in [3.63, 3.8) is 0 Å². The largest absolute Gasteiger partial charge is 0.295 e. The molecule has 68 valence electrons. The summed E-state index contributed by atoms with van der Waals surface area (Å²) in [6.07, 6.45) is 7.58. The molecule has 0 aromatic carbocycles. The molecule has 0 fully saturated rings. The Morgan fingerprint density at radius 1 is 1.23 bits per heavy atom. The maximum atomic E-state index is 11.0. The first-order chi connectivity index (χ1) is 6.11.